The minimum absolute atomic E-state index is 0.285. The summed E-state index contributed by atoms with van der Waals surface area (Å²) in [5.74, 6) is 0.813. The third-order valence-corrected chi connectivity index (χ3v) is 4.24. The van der Waals surface area contributed by atoms with E-state index in [1.807, 2.05) is 51.1 Å². The summed E-state index contributed by atoms with van der Waals surface area (Å²) in [5, 5.41) is 10.2. The van der Waals surface area contributed by atoms with Crippen molar-refractivity contribution >= 4 is 17.9 Å². The Kier molecular flexibility index (Phi) is 4.60. The van der Waals surface area contributed by atoms with E-state index >= 15 is 0 Å². The highest BCUT2D eigenvalue weighted by atomic mass is 32.2. The summed E-state index contributed by atoms with van der Waals surface area (Å²) in [6.07, 6.45) is -1.06. The molecule has 0 unspecified atom stereocenters. The Morgan fingerprint density at radius 2 is 2.05 bits per heavy atom. The van der Waals surface area contributed by atoms with Gasteiger partial charge in [-0.25, -0.2) is 4.79 Å². The van der Waals surface area contributed by atoms with Gasteiger partial charge in [0, 0.05) is 12.3 Å². The summed E-state index contributed by atoms with van der Waals surface area (Å²) in [4.78, 5) is 13.8. The van der Waals surface area contributed by atoms with Crippen molar-refractivity contribution in [1.29, 1.82) is 0 Å². The number of rotatable bonds is 2. The van der Waals surface area contributed by atoms with E-state index < -0.39 is 11.7 Å². The predicted molar refractivity (Wildman–Crippen MR) is 80.6 cm³/mol. The van der Waals surface area contributed by atoms with Gasteiger partial charge in [-0.3, -0.25) is 4.90 Å². The fraction of sp³-hybridized carbons (Fsp3) is 0.533. The van der Waals surface area contributed by atoms with E-state index in [0.29, 0.717) is 6.54 Å². The summed E-state index contributed by atoms with van der Waals surface area (Å²) in [6.45, 7) is 6.14. The van der Waals surface area contributed by atoms with E-state index in [1.54, 1.807) is 16.7 Å². The Hall–Kier alpha value is -1.20. The molecule has 1 aromatic rings. The van der Waals surface area contributed by atoms with Gasteiger partial charge in [-0.1, -0.05) is 30.3 Å². The fourth-order valence-electron chi connectivity index (χ4n) is 2.08. The van der Waals surface area contributed by atoms with Crippen LogP contribution in [-0.2, 0) is 4.74 Å². The highest BCUT2D eigenvalue weighted by molar-refractivity contribution is 8.00. The first kappa shape index (κ1) is 15.2. The van der Waals surface area contributed by atoms with Gasteiger partial charge < -0.3 is 9.84 Å². The maximum absolute atomic E-state index is 12.2. The number of ether oxygens (including phenoxy) is 1. The number of aliphatic hydroxyl groups is 1. The van der Waals surface area contributed by atoms with Gasteiger partial charge >= 0.3 is 6.09 Å². The molecular formula is C15H21NO3S. The van der Waals surface area contributed by atoms with Crippen LogP contribution in [0.5, 0.6) is 0 Å². The molecule has 1 aliphatic heterocycles. The Labute approximate surface area is 124 Å². The van der Waals surface area contributed by atoms with Crippen LogP contribution in [0.15, 0.2) is 30.3 Å². The van der Waals surface area contributed by atoms with Crippen molar-refractivity contribution in [1.82, 2.24) is 4.90 Å². The minimum atomic E-state index is -0.698. The molecule has 110 valence electrons. The number of aliphatic hydroxyl groups excluding tert-OH is 1. The lowest BCUT2D eigenvalue weighted by Gasteiger charge is -2.30. The van der Waals surface area contributed by atoms with Crippen LogP contribution in [0.4, 0.5) is 4.79 Å². The molecule has 0 radical (unpaired) electrons. The first-order chi connectivity index (χ1) is 9.38. The van der Waals surface area contributed by atoms with Crippen molar-refractivity contribution in [3.8, 4) is 0 Å². The van der Waals surface area contributed by atoms with Crippen LogP contribution in [0, 0.1) is 0 Å². The van der Waals surface area contributed by atoms with Crippen LogP contribution < -0.4 is 0 Å². The number of carbonyl (C=O) groups is 1. The number of benzene rings is 1. The van der Waals surface area contributed by atoms with Crippen LogP contribution in [0.2, 0.25) is 0 Å². The smallest absolute Gasteiger partial charge is 0.411 e. The quantitative estimate of drug-likeness (QED) is 0.911. The first-order valence-electron chi connectivity index (χ1n) is 6.73. The molecule has 0 saturated carbocycles. The van der Waals surface area contributed by atoms with Gasteiger partial charge in [0.2, 0.25) is 0 Å². The molecular weight excluding hydrogens is 274 g/mol. The highest BCUT2D eigenvalue weighted by Crippen LogP contribution is 2.34. The van der Waals surface area contributed by atoms with Crippen molar-refractivity contribution in [3.63, 3.8) is 0 Å². The van der Waals surface area contributed by atoms with Gasteiger partial charge in [-0.05, 0) is 26.3 Å². The third kappa shape index (κ3) is 3.67. The maximum atomic E-state index is 12.2. The largest absolute Gasteiger partial charge is 0.444 e. The number of hydrogen-bond acceptors (Lipinski definition) is 4. The zero-order chi connectivity index (χ0) is 14.8. The molecule has 1 heterocycles. The van der Waals surface area contributed by atoms with Crippen molar-refractivity contribution in [2.24, 2.45) is 0 Å². The van der Waals surface area contributed by atoms with Crippen molar-refractivity contribution < 1.29 is 14.6 Å². The average Bonchev–Trinajstić information content (AvgIpc) is 2.86. The Morgan fingerprint density at radius 1 is 1.40 bits per heavy atom. The third-order valence-electron chi connectivity index (χ3n) is 2.97. The van der Waals surface area contributed by atoms with Crippen LogP contribution in [0.1, 0.15) is 32.4 Å². The van der Waals surface area contributed by atoms with Crippen molar-refractivity contribution in [2.45, 2.75) is 37.9 Å². The van der Waals surface area contributed by atoms with Crippen LogP contribution in [0.25, 0.3) is 0 Å². The van der Waals surface area contributed by atoms with Crippen LogP contribution in [0.3, 0.4) is 0 Å². The zero-order valence-corrected chi connectivity index (χ0v) is 12.9. The zero-order valence-electron chi connectivity index (χ0n) is 12.1. The monoisotopic (exact) mass is 295 g/mol. The summed E-state index contributed by atoms with van der Waals surface area (Å²) in [6, 6.07) is 9.42. The predicted octanol–water partition coefficient (Wildman–Crippen LogP) is 3.03. The average molecular weight is 295 g/mol. The number of carbonyl (C=O) groups excluding carboxylic acids is 1. The topological polar surface area (TPSA) is 49.8 Å². The Morgan fingerprint density at radius 3 is 2.65 bits per heavy atom. The number of nitrogens with zero attached hydrogens (tertiary/aromatic N) is 1. The molecule has 20 heavy (non-hydrogen) atoms. The van der Waals surface area contributed by atoms with E-state index in [0.717, 1.165) is 11.3 Å². The molecule has 0 spiro atoms. The van der Waals surface area contributed by atoms with Gasteiger partial charge in [0.15, 0.2) is 0 Å². The molecule has 2 rings (SSSR count). The molecule has 1 aromatic carbocycles. The molecule has 1 aliphatic rings. The van der Waals surface area contributed by atoms with E-state index in [4.69, 9.17) is 4.74 Å². The van der Waals surface area contributed by atoms with E-state index in [9.17, 15) is 9.90 Å². The molecule has 1 amide bonds. The van der Waals surface area contributed by atoms with Gasteiger partial charge in [-0.2, -0.15) is 0 Å². The molecule has 0 aliphatic carbocycles. The van der Waals surface area contributed by atoms with Gasteiger partial charge in [-0.15, -0.1) is 11.8 Å². The number of hydrogen-bond donors (Lipinski definition) is 1. The van der Waals surface area contributed by atoms with Crippen LogP contribution >= 0.6 is 11.8 Å². The normalized spacial score (nSPS) is 20.8. The molecule has 0 aromatic heterocycles. The molecule has 4 nitrogen and oxygen atoms in total. The van der Waals surface area contributed by atoms with Crippen molar-refractivity contribution in [2.75, 3.05) is 12.3 Å². The Bertz CT molecular complexity index is 458. The van der Waals surface area contributed by atoms with E-state index in [2.05, 4.69) is 0 Å². The molecule has 5 heteroatoms. The lowest BCUT2D eigenvalue weighted by Crippen LogP contribution is -2.41. The lowest BCUT2D eigenvalue weighted by atomic mass is 10.1. The lowest BCUT2D eigenvalue weighted by molar-refractivity contribution is 0.0133. The summed E-state index contributed by atoms with van der Waals surface area (Å²) < 4.78 is 5.40. The molecule has 0 bridgehead atoms. The second-order valence-corrected chi connectivity index (χ2v) is 7.02. The molecule has 1 fully saturated rings. The second-order valence-electron chi connectivity index (χ2n) is 5.79. The standard InChI is InChI=1S/C15H21NO3S/c1-15(2,3)19-14(18)16-9-10-20-13(16)12(17)11-7-5-4-6-8-11/h4-8,12-13,17H,9-10H2,1-3H3/t12-,13+/m0/s1. The SMILES string of the molecule is CC(C)(C)OC(=O)N1CCS[C@@H]1[C@@H](O)c1ccccc1. The molecule has 1 saturated heterocycles. The summed E-state index contributed by atoms with van der Waals surface area (Å²) >= 11 is 1.58. The van der Waals surface area contributed by atoms with Crippen LogP contribution in [-0.4, -0.2) is 39.4 Å². The summed E-state index contributed by atoms with van der Waals surface area (Å²) in [5.41, 5.74) is 0.299. The first-order valence-corrected chi connectivity index (χ1v) is 7.77. The molecule has 2 atom stereocenters. The minimum Gasteiger partial charge on any atom is -0.444 e. The second kappa shape index (κ2) is 6.06. The highest BCUT2D eigenvalue weighted by Gasteiger charge is 2.37. The van der Waals surface area contributed by atoms with E-state index in [-0.39, 0.29) is 11.5 Å². The number of amides is 1. The fourth-order valence-corrected chi connectivity index (χ4v) is 3.34. The van der Waals surface area contributed by atoms with Gasteiger partial charge in [0.1, 0.15) is 17.1 Å². The van der Waals surface area contributed by atoms with Gasteiger partial charge in [0.05, 0.1) is 0 Å². The number of thioether (sulfide) groups is 1. The van der Waals surface area contributed by atoms with E-state index in [1.165, 1.54) is 0 Å². The Balaban J connectivity index is 2.09. The maximum Gasteiger partial charge on any atom is 0.411 e. The molecule has 1 N–H and O–H groups in total. The van der Waals surface area contributed by atoms with Crippen molar-refractivity contribution in [3.05, 3.63) is 35.9 Å². The van der Waals surface area contributed by atoms with Gasteiger partial charge in [0.25, 0.3) is 0 Å². The summed E-state index contributed by atoms with van der Waals surface area (Å²) in [7, 11) is 0.